The maximum atomic E-state index is 14.2. The Bertz CT molecular complexity index is 1800. The Balaban J connectivity index is 1.58. The molecule has 3 rings (SSSR count). The van der Waals surface area contributed by atoms with Gasteiger partial charge in [-0.1, -0.05) is 91.8 Å². The molecule has 0 spiro atoms. The van der Waals surface area contributed by atoms with Crippen LogP contribution in [0.15, 0.2) is 42.0 Å². The third-order valence-corrected chi connectivity index (χ3v) is 14.5. The SMILES string of the molecule is CCC(=O)C1CCC(CN2C(=O)CC(SCCCS(=O)(=O)NC(=O)/C(C)=C/[C@H](C(C)C)N(C)C(=O)[C@@H](NC(=O)[C@@H](NC)C(C)(C)c3ccccc3)C(C)(C)C)C2=O)CC1. The van der Waals surface area contributed by atoms with Crippen molar-refractivity contribution in [2.75, 3.05) is 32.1 Å². The van der Waals surface area contributed by atoms with Crippen LogP contribution in [0.4, 0.5) is 0 Å². The van der Waals surface area contributed by atoms with Crippen LogP contribution < -0.4 is 15.4 Å². The van der Waals surface area contributed by atoms with Crippen molar-refractivity contribution >= 4 is 57.1 Å². The minimum absolute atomic E-state index is 0.0698. The van der Waals surface area contributed by atoms with Crippen molar-refractivity contribution in [3.05, 3.63) is 47.5 Å². The first kappa shape index (κ1) is 49.8. The van der Waals surface area contributed by atoms with Crippen LogP contribution in [0, 0.1) is 23.2 Å². The van der Waals surface area contributed by atoms with E-state index in [2.05, 4.69) is 15.4 Å². The van der Waals surface area contributed by atoms with Crippen LogP contribution in [0.25, 0.3) is 0 Å². The number of benzene rings is 1. The zero-order chi connectivity index (χ0) is 44.5. The maximum Gasteiger partial charge on any atom is 0.260 e. The minimum Gasteiger partial charge on any atom is -0.342 e. The quantitative estimate of drug-likeness (QED) is 0.0919. The Hall–Kier alpha value is -3.56. The number of likely N-dealkylation sites (N-methyl/N-ethyl adjacent to an activating group) is 2. The molecule has 13 nitrogen and oxygen atoms in total. The summed E-state index contributed by atoms with van der Waals surface area (Å²) >= 11 is 1.25. The van der Waals surface area contributed by atoms with Gasteiger partial charge in [0.15, 0.2) is 0 Å². The first-order valence-electron chi connectivity index (χ1n) is 21.0. The predicted molar refractivity (Wildman–Crippen MR) is 234 cm³/mol. The molecular weight excluding hydrogens is 791 g/mol. The number of nitrogens with zero attached hydrogens (tertiary/aromatic N) is 2. The molecule has 1 saturated heterocycles. The molecule has 1 aromatic rings. The van der Waals surface area contributed by atoms with E-state index in [1.807, 2.05) is 85.7 Å². The molecule has 1 unspecified atom stereocenters. The van der Waals surface area contributed by atoms with Crippen molar-refractivity contribution in [1.82, 2.24) is 25.2 Å². The molecule has 1 saturated carbocycles. The van der Waals surface area contributed by atoms with E-state index >= 15 is 0 Å². The highest BCUT2D eigenvalue weighted by Crippen LogP contribution is 2.34. The molecule has 59 heavy (non-hydrogen) atoms. The van der Waals surface area contributed by atoms with Gasteiger partial charge in [0.1, 0.15) is 11.8 Å². The van der Waals surface area contributed by atoms with Crippen LogP contribution in [-0.4, -0.2) is 109 Å². The van der Waals surface area contributed by atoms with Crippen LogP contribution in [0.2, 0.25) is 0 Å². The lowest BCUT2D eigenvalue weighted by Crippen LogP contribution is -2.61. The molecule has 2 aliphatic rings. The van der Waals surface area contributed by atoms with Crippen molar-refractivity contribution in [2.24, 2.45) is 23.2 Å². The summed E-state index contributed by atoms with van der Waals surface area (Å²) in [5.74, 6) is -1.68. The first-order valence-corrected chi connectivity index (χ1v) is 23.7. The van der Waals surface area contributed by atoms with Gasteiger partial charge < -0.3 is 15.5 Å². The normalized spacial score (nSPS) is 20.9. The van der Waals surface area contributed by atoms with Gasteiger partial charge in [0.05, 0.1) is 23.1 Å². The second-order valence-electron chi connectivity index (χ2n) is 18.2. The topological polar surface area (TPSA) is 179 Å². The Morgan fingerprint density at radius 1 is 0.983 bits per heavy atom. The average molecular weight is 860 g/mol. The van der Waals surface area contributed by atoms with Gasteiger partial charge in [0, 0.05) is 43.3 Å². The van der Waals surface area contributed by atoms with Gasteiger partial charge in [-0.25, -0.2) is 13.1 Å². The van der Waals surface area contributed by atoms with Crippen LogP contribution in [0.5, 0.6) is 0 Å². The molecule has 4 atom stereocenters. The van der Waals surface area contributed by atoms with Crippen molar-refractivity contribution < 1.29 is 37.2 Å². The number of imide groups is 1. The highest BCUT2D eigenvalue weighted by Gasteiger charge is 2.43. The van der Waals surface area contributed by atoms with E-state index in [9.17, 15) is 37.2 Å². The fourth-order valence-electron chi connectivity index (χ4n) is 8.10. The smallest absolute Gasteiger partial charge is 0.260 e. The van der Waals surface area contributed by atoms with E-state index in [0.29, 0.717) is 18.7 Å². The predicted octanol–water partition coefficient (Wildman–Crippen LogP) is 4.99. The van der Waals surface area contributed by atoms with Crippen molar-refractivity contribution in [3.8, 4) is 0 Å². The lowest BCUT2D eigenvalue weighted by Gasteiger charge is -2.40. The summed E-state index contributed by atoms with van der Waals surface area (Å²) in [5.41, 5.74) is -0.225. The number of rotatable bonds is 20. The summed E-state index contributed by atoms with van der Waals surface area (Å²) in [5, 5.41) is 5.58. The molecule has 1 aliphatic carbocycles. The van der Waals surface area contributed by atoms with E-state index in [0.717, 1.165) is 31.2 Å². The fraction of sp³-hybridized carbons (Fsp3) is 0.682. The van der Waals surface area contributed by atoms with Gasteiger partial charge >= 0.3 is 0 Å². The molecule has 0 aromatic heterocycles. The van der Waals surface area contributed by atoms with Crippen molar-refractivity contribution in [2.45, 2.75) is 136 Å². The zero-order valence-corrected chi connectivity index (χ0v) is 38.7. The van der Waals surface area contributed by atoms with E-state index in [-0.39, 0.29) is 71.3 Å². The number of thioether (sulfide) groups is 1. The standard InChI is InChI=1S/C44H69N5O8S2/c1-12-34(50)31-21-19-30(20-22-31)27-49-36(51)26-35(41(49)54)58-23-16-24-59(56,57)47-39(52)29(4)25-33(28(2)3)48(11)42(55)38(43(5,6)7)46-40(53)37(45-10)44(8,9)32-17-14-13-15-18-32/h13-15,17-18,25,28,30-31,33,35,37-38,45H,12,16,19-24,26-27H2,1-11H3,(H,46,53)(H,47,52)/b29-25+/t30?,31?,33-,35?,37-,38-/m1/s1. The third-order valence-electron chi connectivity index (χ3n) is 11.9. The molecule has 1 heterocycles. The van der Waals surface area contributed by atoms with Gasteiger partial charge in [-0.05, 0) is 74.6 Å². The number of Topliss-reactive ketones (excluding diaryl/α,β-unsaturated/α-hetero) is 1. The third kappa shape index (κ3) is 13.5. The zero-order valence-electron chi connectivity index (χ0n) is 37.1. The minimum atomic E-state index is -4.04. The van der Waals surface area contributed by atoms with Gasteiger partial charge in [0.25, 0.3) is 5.91 Å². The molecule has 0 radical (unpaired) electrons. The maximum absolute atomic E-state index is 14.2. The highest BCUT2D eigenvalue weighted by molar-refractivity contribution is 8.00. The number of ketones is 1. The van der Waals surface area contributed by atoms with E-state index < -0.39 is 50.1 Å². The molecule has 15 heteroatoms. The summed E-state index contributed by atoms with van der Waals surface area (Å²) in [6.45, 7) is 17.0. The summed E-state index contributed by atoms with van der Waals surface area (Å²) in [6, 6.07) is 7.48. The molecule has 2 fully saturated rings. The van der Waals surface area contributed by atoms with Crippen LogP contribution in [0.1, 0.15) is 113 Å². The van der Waals surface area contributed by atoms with Gasteiger partial charge in [-0.2, -0.15) is 0 Å². The van der Waals surface area contributed by atoms with Gasteiger partial charge in [-0.3, -0.25) is 33.7 Å². The van der Waals surface area contributed by atoms with E-state index in [4.69, 9.17) is 0 Å². The Kier molecular flexibility index (Phi) is 18.0. The number of carbonyl (C=O) groups excluding carboxylic acids is 6. The second kappa shape index (κ2) is 21.3. The Morgan fingerprint density at radius 3 is 2.14 bits per heavy atom. The molecule has 5 amide bonds. The lowest BCUT2D eigenvalue weighted by molar-refractivity contribution is -0.141. The summed E-state index contributed by atoms with van der Waals surface area (Å²) in [4.78, 5) is 82.1. The number of hydrogen-bond donors (Lipinski definition) is 3. The van der Waals surface area contributed by atoms with E-state index in [1.165, 1.54) is 28.5 Å². The van der Waals surface area contributed by atoms with Crippen molar-refractivity contribution in [3.63, 3.8) is 0 Å². The van der Waals surface area contributed by atoms with Gasteiger partial charge in [0.2, 0.25) is 33.7 Å². The van der Waals surface area contributed by atoms with Crippen molar-refractivity contribution in [1.29, 1.82) is 0 Å². The second-order valence-corrected chi connectivity index (χ2v) is 21.4. The van der Waals surface area contributed by atoms with E-state index in [1.54, 1.807) is 20.2 Å². The Labute approximate surface area is 357 Å². The number of hydrogen-bond acceptors (Lipinski definition) is 10. The monoisotopic (exact) mass is 859 g/mol. The lowest BCUT2D eigenvalue weighted by atomic mass is 9.76. The number of nitrogens with one attached hydrogen (secondary N) is 3. The molecule has 1 aliphatic heterocycles. The van der Waals surface area contributed by atoms with Gasteiger partial charge in [-0.15, -0.1) is 11.8 Å². The largest absolute Gasteiger partial charge is 0.342 e. The summed E-state index contributed by atoms with van der Waals surface area (Å²) in [7, 11) is -0.720. The summed E-state index contributed by atoms with van der Waals surface area (Å²) < 4.78 is 28.1. The van der Waals surface area contributed by atoms with Crippen LogP contribution in [-0.2, 0) is 44.2 Å². The number of sulfonamides is 1. The Morgan fingerprint density at radius 2 is 1.59 bits per heavy atom. The molecular formula is C44H69N5O8S2. The highest BCUT2D eigenvalue weighted by atomic mass is 32.2. The van der Waals surface area contributed by atoms with Crippen LogP contribution in [0.3, 0.4) is 0 Å². The van der Waals surface area contributed by atoms with Crippen LogP contribution >= 0.6 is 11.8 Å². The first-order chi connectivity index (χ1) is 27.4. The molecule has 1 aromatic carbocycles. The molecule has 0 bridgehead atoms. The average Bonchev–Trinajstić information content (AvgIpc) is 3.44. The number of amides is 5. The summed E-state index contributed by atoms with van der Waals surface area (Å²) in [6.07, 6.45) is 5.51. The molecule has 330 valence electrons. The molecule has 3 N–H and O–H groups in total. The number of likely N-dealkylation sites (tertiary alicyclic amines) is 1. The number of carbonyl (C=O) groups is 6. The fourth-order valence-corrected chi connectivity index (χ4v) is 10.5.